The molecule has 2 N–H and O–H groups in total. The first kappa shape index (κ1) is 8.56. The number of ether oxygens (including phenoxy) is 1. The van der Waals surface area contributed by atoms with Crippen molar-refractivity contribution in [2.24, 2.45) is 0 Å². The van der Waals surface area contributed by atoms with Gasteiger partial charge in [-0.2, -0.15) is 5.10 Å². The van der Waals surface area contributed by atoms with Crippen molar-refractivity contribution in [1.82, 2.24) is 9.78 Å². The molecule has 72 valence electrons. The van der Waals surface area contributed by atoms with E-state index in [1.807, 2.05) is 17.7 Å². The van der Waals surface area contributed by atoms with Crippen molar-refractivity contribution in [2.75, 3.05) is 12.3 Å². The minimum atomic E-state index is 0.331. The highest BCUT2D eigenvalue weighted by atomic mass is 16.5. The molecular formula is C9H15N3O. The highest BCUT2D eigenvalue weighted by molar-refractivity contribution is 5.28. The van der Waals surface area contributed by atoms with Crippen LogP contribution in [-0.4, -0.2) is 22.5 Å². The number of aromatic nitrogens is 2. The highest BCUT2D eigenvalue weighted by Gasteiger charge is 2.17. The molecule has 0 radical (unpaired) electrons. The molecule has 4 nitrogen and oxygen atoms in total. The van der Waals surface area contributed by atoms with E-state index in [2.05, 4.69) is 5.10 Å². The molecular weight excluding hydrogens is 166 g/mol. The Labute approximate surface area is 77.7 Å². The number of rotatable bonds is 2. The first-order valence-electron chi connectivity index (χ1n) is 4.67. The second-order valence-corrected chi connectivity index (χ2v) is 3.53. The normalized spacial score (nSPS) is 22.4. The molecule has 0 aliphatic carbocycles. The molecule has 1 fully saturated rings. The zero-order valence-electron chi connectivity index (χ0n) is 7.86. The Morgan fingerprint density at radius 3 is 3.15 bits per heavy atom. The lowest BCUT2D eigenvalue weighted by Gasteiger charge is -2.10. The van der Waals surface area contributed by atoms with Crippen LogP contribution in [0, 0.1) is 6.92 Å². The Kier molecular flexibility index (Phi) is 2.22. The van der Waals surface area contributed by atoms with Crippen molar-refractivity contribution in [3.05, 3.63) is 11.8 Å². The summed E-state index contributed by atoms with van der Waals surface area (Å²) in [6.45, 7) is 3.74. The Balaban J connectivity index is 2.03. The van der Waals surface area contributed by atoms with E-state index in [0.717, 1.165) is 25.3 Å². The van der Waals surface area contributed by atoms with E-state index in [1.54, 1.807) is 0 Å². The maximum Gasteiger partial charge on any atom is 0.145 e. The summed E-state index contributed by atoms with van der Waals surface area (Å²) < 4.78 is 7.44. The fraction of sp³-hybridized carbons (Fsp3) is 0.667. The number of anilines is 1. The second kappa shape index (κ2) is 3.38. The molecule has 1 aliphatic heterocycles. The van der Waals surface area contributed by atoms with Gasteiger partial charge in [0.05, 0.1) is 12.6 Å². The maximum atomic E-state index is 5.58. The van der Waals surface area contributed by atoms with E-state index in [9.17, 15) is 0 Å². The average molecular weight is 181 g/mol. The lowest BCUT2D eigenvalue weighted by Crippen LogP contribution is -2.16. The van der Waals surface area contributed by atoms with Crippen LogP contribution < -0.4 is 5.73 Å². The molecule has 0 saturated carbocycles. The largest absolute Gasteiger partial charge is 0.382 e. The third kappa shape index (κ3) is 1.83. The van der Waals surface area contributed by atoms with E-state index in [0.29, 0.717) is 11.9 Å². The Bertz CT molecular complexity index is 289. The summed E-state index contributed by atoms with van der Waals surface area (Å²) in [5, 5.41) is 4.19. The highest BCUT2D eigenvalue weighted by Crippen LogP contribution is 2.15. The van der Waals surface area contributed by atoms with Gasteiger partial charge >= 0.3 is 0 Å². The van der Waals surface area contributed by atoms with Crippen LogP contribution in [0.2, 0.25) is 0 Å². The molecule has 0 spiro atoms. The molecule has 1 atom stereocenters. The molecule has 1 aliphatic rings. The predicted octanol–water partition coefficient (Wildman–Crippen LogP) is 0.953. The van der Waals surface area contributed by atoms with Crippen LogP contribution in [0.3, 0.4) is 0 Å². The van der Waals surface area contributed by atoms with Crippen molar-refractivity contribution in [3.63, 3.8) is 0 Å². The van der Waals surface area contributed by atoms with E-state index in [-0.39, 0.29) is 0 Å². The summed E-state index contributed by atoms with van der Waals surface area (Å²) in [7, 11) is 0. The molecule has 13 heavy (non-hydrogen) atoms. The fourth-order valence-electron chi connectivity index (χ4n) is 1.70. The van der Waals surface area contributed by atoms with Gasteiger partial charge in [0.1, 0.15) is 5.82 Å². The van der Waals surface area contributed by atoms with Crippen molar-refractivity contribution in [3.8, 4) is 0 Å². The van der Waals surface area contributed by atoms with E-state index in [1.165, 1.54) is 6.42 Å². The number of nitrogen functional groups attached to an aromatic ring is 1. The van der Waals surface area contributed by atoms with Gasteiger partial charge in [-0.3, -0.25) is 4.68 Å². The molecule has 0 aromatic carbocycles. The monoisotopic (exact) mass is 181 g/mol. The van der Waals surface area contributed by atoms with Crippen molar-refractivity contribution in [2.45, 2.75) is 32.4 Å². The minimum absolute atomic E-state index is 0.331. The number of nitrogens with two attached hydrogens (primary N) is 1. The molecule has 1 aromatic heterocycles. The zero-order chi connectivity index (χ0) is 9.26. The average Bonchev–Trinajstić information content (AvgIpc) is 2.63. The van der Waals surface area contributed by atoms with Crippen LogP contribution in [0.4, 0.5) is 5.82 Å². The third-order valence-electron chi connectivity index (χ3n) is 2.40. The van der Waals surface area contributed by atoms with E-state index >= 15 is 0 Å². The molecule has 0 bridgehead atoms. The predicted molar refractivity (Wildman–Crippen MR) is 50.4 cm³/mol. The molecule has 4 heteroatoms. The quantitative estimate of drug-likeness (QED) is 0.739. The van der Waals surface area contributed by atoms with Crippen LogP contribution in [0.15, 0.2) is 6.07 Å². The SMILES string of the molecule is Cc1cc(N)nn1C[C@H]1CCCO1. The van der Waals surface area contributed by atoms with Gasteiger partial charge in [-0.1, -0.05) is 0 Å². The van der Waals surface area contributed by atoms with Gasteiger partial charge < -0.3 is 10.5 Å². The van der Waals surface area contributed by atoms with Crippen LogP contribution >= 0.6 is 0 Å². The van der Waals surface area contributed by atoms with Gasteiger partial charge in [0.2, 0.25) is 0 Å². The lowest BCUT2D eigenvalue weighted by atomic mass is 10.2. The van der Waals surface area contributed by atoms with Gasteiger partial charge in [0, 0.05) is 18.4 Å². The number of nitrogens with zero attached hydrogens (tertiary/aromatic N) is 2. The molecule has 2 heterocycles. The zero-order valence-corrected chi connectivity index (χ0v) is 7.86. The number of hydrogen-bond acceptors (Lipinski definition) is 3. The van der Waals surface area contributed by atoms with Gasteiger partial charge in [-0.15, -0.1) is 0 Å². The van der Waals surface area contributed by atoms with Crippen LogP contribution in [0.1, 0.15) is 18.5 Å². The summed E-state index contributed by atoms with van der Waals surface area (Å²) in [6.07, 6.45) is 2.64. The first-order chi connectivity index (χ1) is 6.25. The fourth-order valence-corrected chi connectivity index (χ4v) is 1.70. The van der Waals surface area contributed by atoms with Crippen molar-refractivity contribution < 1.29 is 4.74 Å². The third-order valence-corrected chi connectivity index (χ3v) is 2.40. The smallest absolute Gasteiger partial charge is 0.145 e. The topological polar surface area (TPSA) is 53.1 Å². The second-order valence-electron chi connectivity index (χ2n) is 3.53. The number of hydrogen-bond donors (Lipinski definition) is 1. The summed E-state index contributed by atoms with van der Waals surface area (Å²) >= 11 is 0. The summed E-state index contributed by atoms with van der Waals surface area (Å²) in [5.41, 5.74) is 6.69. The Morgan fingerprint density at radius 2 is 2.62 bits per heavy atom. The van der Waals surface area contributed by atoms with Gasteiger partial charge in [-0.05, 0) is 19.8 Å². The van der Waals surface area contributed by atoms with E-state index < -0.39 is 0 Å². The molecule has 1 aromatic rings. The maximum absolute atomic E-state index is 5.58. The van der Waals surface area contributed by atoms with Crippen molar-refractivity contribution in [1.29, 1.82) is 0 Å². The Morgan fingerprint density at radius 1 is 1.77 bits per heavy atom. The molecule has 0 unspecified atom stereocenters. The van der Waals surface area contributed by atoms with Crippen molar-refractivity contribution >= 4 is 5.82 Å². The van der Waals surface area contributed by atoms with Gasteiger partial charge in [0.15, 0.2) is 0 Å². The molecule has 1 saturated heterocycles. The minimum Gasteiger partial charge on any atom is -0.382 e. The number of aryl methyl sites for hydroxylation is 1. The molecule has 2 rings (SSSR count). The first-order valence-corrected chi connectivity index (χ1v) is 4.67. The summed E-state index contributed by atoms with van der Waals surface area (Å²) in [4.78, 5) is 0. The van der Waals surface area contributed by atoms with Gasteiger partial charge in [0.25, 0.3) is 0 Å². The van der Waals surface area contributed by atoms with Gasteiger partial charge in [-0.25, -0.2) is 0 Å². The van der Waals surface area contributed by atoms with Crippen LogP contribution in [-0.2, 0) is 11.3 Å². The molecule has 0 amide bonds. The van der Waals surface area contributed by atoms with Crippen LogP contribution in [0.5, 0.6) is 0 Å². The standard InChI is InChI=1S/C9H15N3O/c1-7-5-9(10)11-12(7)6-8-3-2-4-13-8/h5,8H,2-4,6H2,1H3,(H2,10,11)/t8-/m1/s1. The Hall–Kier alpha value is -1.03. The van der Waals surface area contributed by atoms with Crippen LogP contribution in [0.25, 0.3) is 0 Å². The van der Waals surface area contributed by atoms with E-state index in [4.69, 9.17) is 10.5 Å². The summed E-state index contributed by atoms with van der Waals surface area (Å²) in [5.74, 6) is 0.593. The summed E-state index contributed by atoms with van der Waals surface area (Å²) in [6, 6.07) is 1.88. The lowest BCUT2D eigenvalue weighted by molar-refractivity contribution is 0.0935.